The van der Waals surface area contributed by atoms with Crippen LogP contribution < -0.4 is 5.43 Å². The van der Waals surface area contributed by atoms with E-state index in [0.717, 1.165) is 16.3 Å². The summed E-state index contributed by atoms with van der Waals surface area (Å²) >= 11 is 0. The topological polar surface area (TPSA) is 93.3 Å². The van der Waals surface area contributed by atoms with Gasteiger partial charge in [-0.25, -0.2) is 0 Å². The van der Waals surface area contributed by atoms with E-state index in [1.54, 1.807) is 18.3 Å². The number of rotatable bonds is 4. The number of hydrogen-bond donors (Lipinski definition) is 1. The third kappa shape index (κ3) is 3.13. The maximum Gasteiger partial charge on any atom is 0.269 e. The summed E-state index contributed by atoms with van der Waals surface area (Å²) in [6.07, 6.45) is 1.69. The number of benzene rings is 2. The highest BCUT2D eigenvalue weighted by atomic mass is 16.6. The summed E-state index contributed by atoms with van der Waals surface area (Å²) in [5.41, 5.74) is 4.43. The molecule has 2 aromatic carbocycles. The van der Waals surface area contributed by atoms with E-state index < -0.39 is 4.92 Å². The van der Waals surface area contributed by atoms with Crippen LogP contribution in [0.4, 0.5) is 11.5 Å². The fourth-order valence-electron chi connectivity index (χ4n) is 2.14. The molecule has 0 bridgehead atoms. The van der Waals surface area contributed by atoms with Crippen LogP contribution in [-0.4, -0.2) is 20.8 Å². The molecule has 0 radical (unpaired) electrons. The summed E-state index contributed by atoms with van der Waals surface area (Å²) in [6, 6.07) is 13.9. The number of fused-ring (bicyclic) bond motifs is 1. The molecule has 7 heteroatoms. The first-order chi connectivity index (χ1) is 11.1. The molecule has 3 aromatic rings. The van der Waals surface area contributed by atoms with Crippen LogP contribution in [0.5, 0.6) is 0 Å². The molecule has 1 heterocycles. The van der Waals surface area contributed by atoms with Crippen molar-refractivity contribution in [1.29, 1.82) is 0 Å². The highest BCUT2D eigenvalue weighted by Crippen LogP contribution is 2.19. The van der Waals surface area contributed by atoms with E-state index in [4.69, 9.17) is 0 Å². The van der Waals surface area contributed by atoms with Crippen LogP contribution in [0.2, 0.25) is 0 Å². The number of nitrogens with zero attached hydrogens (tertiary/aromatic N) is 4. The number of nitrogens with one attached hydrogen (secondary N) is 1. The van der Waals surface area contributed by atoms with Gasteiger partial charge in [0.2, 0.25) is 0 Å². The lowest BCUT2D eigenvalue weighted by Crippen LogP contribution is -2.02. The number of non-ortho nitro benzene ring substituents is 1. The lowest BCUT2D eigenvalue weighted by atomic mass is 10.1. The Hall–Kier alpha value is -3.35. The Bertz CT molecular complexity index is 885. The van der Waals surface area contributed by atoms with Gasteiger partial charge in [0.05, 0.1) is 16.8 Å². The van der Waals surface area contributed by atoms with Crippen molar-refractivity contribution in [3.05, 3.63) is 70.4 Å². The average Bonchev–Trinajstić information content (AvgIpc) is 2.59. The molecule has 0 saturated heterocycles. The summed E-state index contributed by atoms with van der Waals surface area (Å²) in [7, 11) is 0. The van der Waals surface area contributed by atoms with Crippen LogP contribution >= 0.6 is 0 Å². The standard InChI is InChI=1S/C16H13N5O2/c1-11(12-6-8-14(9-7-12)21(22)23)18-20-16-15-5-3-2-4-13(15)10-17-19-16/h2-10H,1H3,(H,19,20). The molecule has 0 amide bonds. The Balaban J connectivity index is 1.85. The summed E-state index contributed by atoms with van der Waals surface area (Å²) < 4.78 is 0. The Labute approximate surface area is 131 Å². The number of aromatic nitrogens is 2. The number of nitro groups is 1. The highest BCUT2D eigenvalue weighted by molar-refractivity contribution is 5.99. The minimum absolute atomic E-state index is 0.0504. The molecule has 0 atom stereocenters. The Morgan fingerprint density at radius 1 is 1.17 bits per heavy atom. The van der Waals surface area contributed by atoms with Gasteiger partial charge in [-0.15, -0.1) is 5.10 Å². The van der Waals surface area contributed by atoms with E-state index in [9.17, 15) is 10.1 Å². The maximum absolute atomic E-state index is 10.7. The second kappa shape index (κ2) is 6.18. The monoisotopic (exact) mass is 307 g/mol. The van der Waals surface area contributed by atoms with Gasteiger partial charge >= 0.3 is 0 Å². The lowest BCUT2D eigenvalue weighted by molar-refractivity contribution is -0.384. The first kappa shape index (κ1) is 14.6. The van der Waals surface area contributed by atoms with Crippen molar-refractivity contribution in [2.24, 2.45) is 5.10 Å². The molecule has 0 aliphatic rings. The van der Waals surface area contributed by atoms with Gasteiger partial charge in [-0.1, -0.05) is 24.3 Å². The molecule has 0 fully saturated rings. The number of anilines is 1. The van der Waals surface area contributed by atoms with Gasteiger partial charge in [-0.3, -0.25) is 15.5 Å². The van der Waals surface area contributed by atoms with E-state index in [2.05, 4.69) is 20.7 Å². The molecule has 1 N–H and O–H groups in total. The molecule has 0 saturated carbocycles. The molecule has 0 aliphatic carbocycles. The van der Waals surface area contributed by atoms with Crippen molar-refractivity contribution >= 4 is 28.0 Å². The van der Waals surface area contributed by atoms with Crippen LogP contribution in [-0.2, 0) is 0 Å². The van der Waals surface area contributed by atoms with E-state index in [-0.39, 0.29) is 5.69 Å². The molecule has 114 valence electrons. The predicted octanol–water partition coefficient (Wildman–Crippen LogP) is 3.37. The van der Waals surface area contributed by atoms with Gasteiger partial charge in [-0.2, -0.15) is 10.2 Å². The molecule has 0 spiro atoms. The first-order valence-corrected chi connectivity index (χ1v) is 6.91. The van der Waals surface area contributed by atoms with E-state index in [1.165, 1.54) is 12.1 Å². The summed E-state index contributed by atoms with van der Waals surface area (Å²) in [5, 5.41) is 24.8. The SMILES string of the molecule is CC(=NNc1nncc2ccccc12)c1ccc([N+](=O)[O-])cc1. The molecule has 3 rings (SSSR count). The van der Waals surface area contributed by atoms with Gasteiger partial charge in [0.25, 0.3) is 5.69 Å². The summed E-state index contributed by atoms with van der Waals surface area (Å²) in [6.45, 7) is 1.81. The number of hydrazone groups is 1. The predicted molar refractivity (Wildman–Crippen MR) is 88.5 cm³/mol. The van der Waals surface area contributed by atoms with Gasteiger partial charge in [0.1, 0.15) is 0 Å². The zero-order valence-electron chi connectivity index (χ0n) is 12.3. The smallest absolute Gasteiger partial charge is 0.259 e. The van der Waals surface area contributed by atoms with Crippen LogP contribution in [0.25, 0.3) is 10.8 Å². The first-order valence-electron chi connectivity index (χ1n) is 6.91. The second-order valence-electron chi connectivity index (χ2n) is 4.89. The summed E-state index contributed by atoms with van der Waals surface area (Å²) in [4.78, 5) is 10.2. The molecule has 0 unspecified atom stereocenters. The number of hydrogen-bond acceptors (Lipinski definition) is 6. The third-order valence-electron chi connectivity index (χ3n) is 3.40. The van der Waals surface area contributed by atoms with Gasteiger partial charge in [-0.05, 0) is 24.6 Å². The Morgan fingerprint density at radius 2 is 1.91 bits per heavy atom. The second-order valence-corrected chi connectivity index (χ2v) is 4.89. The van der Waals surface area contributed by atoms with Crippen LogP contribution in [0, 0.1) is 10.1 Å². The summed E-state index contributed by atoms with van der Waals surface area (Å²) in [5.74, 6) is 0.560. The lowest BCUT2D eigenvalue weighted by Gasteiger charge is -2.05. The van der Waals surface area contributed by atoms with Crippen molar-refractivity contribution in [3.63, 3.8) is 0 Å². The van der Waals surface area contributed by atoms with Crippen molar-refractivity contribution in [3.8, 4) is 0 Å². The normalized spacial score (nSPS) is 11.4. The zero-order chi connectivity index (χ0) is 16.2. The molecule has 1 aromatic heterocycles. The molecule has 7 nitrogen and oxygen atoms in total. The van der Waals surface area contributed by atoms with E-state index in [1.807, 2.05) is 31.2 Å². The van der Waals surface area contributed by atoms with Crippen LogP contribution in [0.15, 0.2) is 59.8 Å². The fraction of sp³-hybridized carbons (Fsp3) is 0.0625. The van der Waals surface area contributed by atoms with Gasteiger partial charge in [0.15, 0.2) is 5.82 Å². The van der Waals surface area contributed by atoms with Crippen molar-refractivity contribution in [2.75, 3.05) is 5.43 Å². The quantitative estimate of drug-likeness (QED) is 0.453. The maximum atomic E-state index is 10.7. The van der Waals surface area contributed by atoms with Crippen molar-refractivity contribution in [2.45, 2.75) is 6.92 Å². The van der Waals surface area contributed by atoms with Gasteiger partial charge in [0, 0.05) is 22.9 Å². The molecular formula is C16H13N5O2. The van der Waals surface area contributed by atoms with Gasteiger partial charge < -0.3 is 0 Å². The molecule has 23 heavy (non-hydrogen) atoms. The fourth-order valence-corrected chi connectivity index (χ4v) is 2.14. The molecular weight excluding hydrogens is 294 g/mol. The largest absolute Gasteiger partial charge is 0.269 e. The molecule has 0 aliphatic heterocycles. The van der Waals surface area contributed by atoms with Crippen LogP contribution in [0.3, 0.4) is 0 Å². The van der Waals surface area contributed by atoms with Crippen LogP contribution in [0.1, 0.15) is 12.5 Å². The highest BCUT2D eigenvalue weighted by Gasteiger charge is 2.06. The third-order valence-corrected chi connectivity index (χ3v) is 3.40. The average molecular weight is 307 g/mol. The van der Waals surface area contributed by atoms with E-state index in [0.29, 0.717) is 11.5 Å². The zero-order valence-corrected chi connectivity index (χ0v) is 12.3. The minimum Gasteiger partial charge on any atom is -0.259 e. The van der Waals surface area contributed by atoms with Crippen molar-refractivity contribution in [1.82, 2.24) is 10.2 Å². The Morgan fingerprint density at radius 3 is 2.65 bits per heavy atom. The number of nitro benzene ring substituents is 1. The minimum atomic E-state index is -0.430. The Kier molecular flexibility index (Phi) is 3.92. The van der Waals surface area contributed by atoms with E-state index >= 15 is 0 Å². The van der Waals surface area contributed by atoms with Crippen molar-refractivity contribution < 1.29 is 4.92 Å².